The first-order chi connectivity index (χ1) is 13.1. The maximum atomic E-state index is 12.5. The van der Waals surface area contributed by atoms with Crippen molar-refractivity contribution >= 4 is 45.8 Å². The van der Waals surface area contributed by atoms with Gasteiger partial charge in [0.2, 0.25) is 0 Å². The molecule has 0 fully saturated rings. The molecule has 0 bridgehead atoms. The van der Waals surface area contributed by atoms with Crippen LogP contribution < -0.4 is 5.32 Å². The van der Waals surface area contributed by atoms with Crippen molar-refractivity contribution in [3.8, 4) is 11.4 Å². The predicted octanol–water partition coefficient (Wildman–Crippen LogP) is 5.18. The van der Waals surface area contributed by atoms with E-state index in [1.807, 2.05) is 30.3 Å². The number of anilines is 1. The highest BCUT2D eigenvalue weighted by molar-refractivity contribution is 14.1. The Hall–Kier alpha value is -1.93. The van der Waals surface area contributed by atoms with Crippen LogP contribution in [0.1, 0.15) is 35.4 Å². The largest absolute Gasteiger partial charge is 0.322 e. The Bertz CT molecular complexity index is 984. The SMILES string of the molecule is O=C(Nc1ccc(-c2nnc3n2CCCCC3)cc1)c1cc(Cl)ccc1I. The standard InChI is InChI=1S/C20H18ClIN4O/c21-14-7-10-17(22)16(12-14)20(27)23-15-8-5-13(6-9-15)19-25-24-18-4-2-1-3-11-26(18)19/h5-10,12H,1-4,11H2,(H,23,27). The van der Waals surface area contributed by atoms with Crippen molar-refractivity contribution in [1.82, 2.24) is 14.8 Å². The Morgan fingerprint density at radius 3 is 2.70 bits per heavy atom. The summed E-state index contributed by atoms with van der Waals surface area (Å²) in [6, 6.07) is 13.0. The van der Waals surface area contributed by atoms with Gasteiger partial charge in [0.25, 0.3) is 5.91 Å². The van der Waals surface area contributed by atoms with E-state index in [-0.39, 0.29) is 5.91 Å². The number of aryl methyl sites for hydroxylation is 1. The van der Waals surface area contributed by atoms with Crippen LogP contribution in [-0.4, -0.2) is 20.7 Å². The van der Waals surface area contributed by atoms with Crippen LogP contribution in [0.5, 0.6) is 0 Å². The molecule has 27 heavy (non-hydrogen) atoms. The summed E-state index contributed by atoms with van der Waals surface area (Å²) in [6.45, 7) is 0.962. The first-order valence-electron chi connectivity index (χ1n) is 8.91. The van der Waals surface area contributed by atoms with Gasteiger partial charge >= 0.3 is 0 Å². The number of nitrogens with one attached hydrogen (secondary N) is 1. The van der Waals surface area contributed by atoms with Gasteiger partial charge in [-0.1, -0.05) is 18.0 Å². The van der Waals surface area contributed by atoms with Gasteiger partial charge in [-0.05, 0) is 77.9 Å². The Kier molecular flexibility index (Phi) is 5.45. The molecule has 1 aliphatic rings. The minimum atomic E-state index is -0.175. The number of hydrogen-bond acceptors (Lipinski definition) is 3. The van der Waals surface area contributed by atoms with Crippen molar-refractivity contribution in [2.24, 2.45) is 0 Å². The van der Waals surface area contributed by atoms with Gasteiger partial charge in [0, 0.05) is 32.8 Å². The number of nitrogens with zero attached hydrogens (tertiary/aromatic N) is 3. The summed E-state index contributed by atoms with van der Waals surface area (Å²) in [5.74, 6) is 1.79. The summed E-state index contributed by atoms with van der Waals surface area (Å²) in [7, 11) is 0. The van der Waals surface area contributed by atoms with Gasteiger partial charge in [0.15, 0.2) is 5.82 Å². The van der Waals surface area contributed by atoms with E-state index in [1.165, 1.54) is 12.8 Å². The highest BCUT2D eigenvalue weighted by atomic mass is 127. The van der Waals surface area contributed by atoms with Crippen LogP contribution >= 0.6 is 34.2 Å². The molecule has 0 radical (unpaired) electrons. The number of rotatable bonds is 3. The van der Waals surface area contributed by atoms with Gasteiger partial charge in [0.1, 0.15) is 5.82 Å². The maximum absolute atomic E-state index is 12.5. The van der Waals surface area contributed by atoms with Crippen molar-refractivity contribution in [3.63, 3.8) is 0 Å². The Morgan fingerprint density at radius 2 is 1.89 bits per heavy atom. The van der Waals surface area contributed by atoms with Gasteiger partial charge in [0.05, 0.1) is 5.56 Å². The summed E-state index contributed by atoms with van der Waals surface area (Å²) in [6.07, 6.45) is 4.55. The zero-order valence-electron chi connectivity index (χ0n) is 14.6. The molecule has 1 aliphatic heterocycles. The quantitative estimate of drug-likeness (QED) is 0.513. The van der Waals surface area contributed by atoms with Crippen LogP contribution in [0.3, 0.4) is 0 Å². The fourth-order valence-corrected chi connectivity index (χ4v) is 4.02. The molecule has 1 aromatic heterocycles. The summed E-state index contributed by atoms with van der Waals surface area (Å²) in [5, 5.41) is 12.2. The van der Waals surface area contributed by atoms with Crippen molar-refractivity contribution in [2.75, 3.05) is 5.32 Å². The number of carbonyl (C=O) groups is 1. The van der Waals surface area contributed by atoms with Crippen LogP contribution in [0.15, 0.2) is 42.5 Å². The minimum Gasteiger partial charge on any atom is -0.322 e. The Balaban J connectivity index is 1.54. The molecule has 7 heteroatoms. The third kappa shape index (κ3) is 4.01. The third-order valence-corrected chi connectivity index (χ3v) is 5.86. The summed E-state index contributed by atoms with van der Waals surface area (Å²) < 4.78 is 3.08. The highest BCUT2D eigenvalue weighted by Gasteiger charge is 2.16. The van der Waals surface area contributed by atoms with E-state index in [1.54, 1.807) is 12.1 Å². The van der Waals surface area contributed by atoms with Crippen LogP contribution in [0, 0.1) is 3.57 Å². The van der Waals surface area contributed by atoms with Crippen LogP contribution in [0.4, 0.5) is 5.69 Å². The molecular weight excluding hydrogens is 475 g/mol. The average molecular weight is 493 g/mol. The van der Waals surface area contributed by atoms with E-state index in [4.69, 9.17) is 11.6 Å². The second-order valence-electron chi connectivity index (χ2n) is 6.56. The number of aromatic nitrogens is 3. The second-order valence-corrected chi connectivity index (χ2v) is 8.16. The fourth-order valence-electron chi connectivity index (χ4n) is 3.27. The molecule has 1 amide bonds. The van der Waals surface area contributed by atoms with E-state index in [0.29, 0.717) is 10.6 Å². The molecule has 0 unspecified atom stereocenters. The molecule has 3 aromatic rings. The number of amides is 1. The Labute approximate surface area is 176 Å². The lowest BCUT2D eigenvalue weighted by Gasteiger charge is -2.09. The summed E-state index contributed by atoms with van der Waals surface area (Å²) in [5.41, 5.74) is 2.30. The van der Waals surface area contributed by atoms with Crippen molar-refractivity contribution in [3.05, 3.63) is 62.4 Å². The first-order valence-corrected chi connectivity index (χ1v) is 10.4. The normalized spacial score (nSPS) is 13.7. The molecular formula is C20H18ClIN4O. The molecule has 0 aliphatic carbocycles. The van der Waals surface area contributed by atoms with Crippen molar-refractivity contribution in [2.45, 2.75) is 32.2 Å². The molecule has 2 aromatic carbocycles. The molecule has 138 valence electrons. The van der Waals surface area contributed by atoms with E-state index in [9.17, 15) is 4.79 Å². The minimum absolute atomic E-state index is 0.175. The molecule has 2 heterocycles. The average Bonchev–Trinajstić information content (AvgIpc) is 2.92. The van der Waals surface area contributed by atoms with Crippen LogP contribution in [0.2, 0.25) is 5.02 Å². The van der Waals surface area contributed by atoms with Gasteiger partial charge in [-0.25, -0.2) is 0 Å². The predicted molar refractivity (Wildman–Crippen MR) is 115 cm³/mol. The van der Waals surface area contributed by atoms with Gasteiger partial charge in [-0.2, -0.15) is 0 Å². The lowest BCUT2D eigenvalue weighted by molar-refractivity contribution is 0.102. The zero-order chi connectivity index (χ0) is 18.8. The first kappa shape index (κ1) is 18.4. The van der Waals surface area contributed by atoms with Gasteiger partial charge < -0.3 is 9.88 Å². The third-order valence-electron chi connectivity index (χ3n) is 4.68. The fraction of sp³-hybridized carbons (Fsp3) is 0.250. The lowest BCUT2D eigenvalue weighted by Crippen LogP contribution is -2.13. The molecule has 4 rings (SSSR count). The van der Waals surface area contributed by atoms with Gasteiger partial charge in [-0.3, -0.25) is 4.79 Å². The number of carbonyl (C=O) groups excluding carboxylic acids is 1. The van der Waals surface area contributed by atoms with E-state index in [2.05, 4.69) is 42.7 Å². The highest BCUT2D eigenvalue weighted by Crippen LogP contribution is 2.25. The molecule has 0 atom stereocenters. The van der Waals surface area contributed by atoms with Crippen molar-refractivity contribution in [1.29, 1.82) is 0 Å². The smallest absolute Gasteiger partial charge is 0.256 e. The number of halogens is 2. The van der Waals surface area contributed by atoms with Crippen LogP contribution in [0.25, 0.3) is 11.4 Å². The molecule has 5 nitrogen and oxygen atoms in total. The number of hydrogen-bond donors (Lipinski definition) is 1. The van der Waals surface area contributed by atoms with Crippen molar-refractivity contribution < 1.29 is 4.79 Å². The monoisotopic (exact) mass is 492 g/mol. The maximum Gasteiger partial charge on any atom is 0.256 e. The number of fused-ring (bicyclic) bond motifs is 1. The van der Waals surface area contributed by atoms with E-state index < -0.39 is 0 Å². The molecule has 1 N–H and O–H groups in total. The topological polar surface area (TPSA) is 59.8 Å². The molecule has 0 spiro atoms. The Morgan fingerprint density at radius 1 is 1.07 bits per heavy atom. The lowest BCUT2D eigenvalue weighted by atomic mass is 10.1. The van der Waals surface area contributed by atoms with Crippen LogP contribution in [-0.2, 0) is 13.0 Å². The van der Waals surface area contributed by atoms with E-state index >= 15 is 0 Å². The molecule has 0 saturated carbocycles. The summed E-state index contributed by atoms with van der Waals surface area (Å²) >= 11 is 8.15. The number of benzene rings is 2. The molecule has 0 saturated heterocycles. The zero-order valence-corrected chi connectivity index (χ0v) is 17.5. The second kappa shape index (κ2) is 7.98. The van der Waals surface area contributed by atoms with E-state index in [0.717, 1.165) is 45.9 Å². The summed E-state index contributed by atoms with van der Waals surface area (Å²) in [4.78, 5) is 12.5. The van der Waals surface area contributed by atoms with Gasteiger partial charge in [-0.15, -0.1) is 10.2 Å².